The molecule has 0 aromatic heterocycles. The highest BCUT2D eigenvalue weighted by Gasteiger charge is 2.10. The average Bonchev–Trinajstić information content (AvgIpc) is 2.17. The summed E-state index contributed by atoms with van der Waals surface area (Å²) in [5.41, 5.74) is 2.12. The Kier molecular flexibility index (Phi) is 3.37. The minimum absolute atomic E-state index is 0.109. The molecule has 1 heterocycles. The van der Waals surface area contributed by atoms with Crippen LogP contribution in [0.2, 0.25) is 0 Å². The Morgan fingerprint density at radius 3 is 2.53 bits per heavy atom. The Labute approximate surface area is 90.9 Å². The molecular weight excluding hydrogens is 189 g/mol. The molecule has 0 saturated carbocycles. The van der Waals surface area contributed by atoms with E-state index in [2.05, 4.69) is 11.0 Å². The number of hydrogen-bond acceptors (Lipinski definition) is 1. The van der Waals surface area contributed by atoms with Gasteiger partial charge in [-0.05, 0) is 56.1 Å². The van der Waals surface area contributed by atoms with Gasteiger partial charge in [0.05, 0.1) is 0 Å². The van der Waals surface area contributed by atoms with E-state index in [1.807, 2.05) is 6.92 Å². The molecule has 1 fully saturated rings. The van der Waals surface area contributed by atoms with Crippen molar-refractivity contribution >= 4 is 0 Å². The lowest BCUT2D eigenvalue weighted by Gasteiger charge is -2.26. The summed E-state index contributed by atoms with van der Waals surface area (Å²) in [4.78, 5) is 2.41. The number of hydrogen-bond donors (Lipinski definition) is 0. The number of likely N-dealkylation sites (tertiary alicyclic amines) is 1. The van der Waals surface area contributed by atoms with Gasteiger partial charge in [-0.3, -0.25) is 4.90 Å². The second kappa shape index (κ2) is 4.75. The average molecular weight is 207 g/mol. The van der Waals surface area contributed by atoms with Crippen LogP contribution in [-0.2, 0) is 6.54 Å². The second-order valence-electron chi connectivity index (χ2n) is 4.47. The van der Waals surface area contributed by atoms with Gasteiger partial charge < -0.3 is 0 Å². The molecular formula is C13H18FN. The molecule has 0 atom stereocenters. The summed E-state index contributed by atoms with van der Waals surface area (Å²) < 4.78 is 13.2. The van der Waals surface area contributed by atoms with Crippen LogP contribution in [0.5, 0.6) is 0 Å². The van der Waals surface area contributed by atoms with Crippen LogP contribution in [0.15, 0.2) is 18.2 Å². The number of rotatable bonds is 2. The van der Waals surface area contributed by atoms with Crippen LogP contribution in [0.25, 0.3) is 0 Å². The van der Waals surface area contributed by atoms with Gasteiger partial charge in [0.15, 0.2) is 0 Å². The van der Waals surface area contributed by atoms with E-state index in [4.69, 9.17) is 0 Å². The fourth-order valence-electron chi connectivity index (χ4n) is 2.28. The lowest BCUT2D eigenvalue weighted by atomic mass is 10.1. The molecule has 0 amide bonds. The van der Waals surface area contributed by atoms with E-state index in [1.165, 1.54) is 19.3 Å². The Bertz CT molecular complexity index is 309. The van der Waals surface area contributed by atoms with E-state index in [0.717, 1.165) is 30.8 Å². The summed E-state index contributed by atoms with van der Waals surface area (Å²) in [5, 5.41) is 0. The number of aryl methyl sites for hydroxylation is 1. The van der Waals surface area contributed by atoms with E-state index in [0.29, 0.717) is 0 Å². The summed E-state index contributed by atoms with van der Waals surface area (Å²) in [6.07, 6.45) is 3.92. The van der Waals surface area contributed by atoms with Gasteiger partial charge in [0.1, 0.15) is 5.82 Å². The third-order valence-corrected chi connectivity index (χ3v) is 2.96. The van der Waals surface area contributed by atoms with Crippen molar-refractivity contribution in [1.29, 1.82) is 0 Å². The molecule has 2 rings (SSSR count). The molecule has 0 bridgehead atoms. The lowest BCUT2D eigenvalue weighted by Crippen LogP contribution is -2.29. The first-order valence-corrected chi connectivity index (χ1v) is 5.72. The highest BCUT2D eigenvalue weighted by atomic mass is 19.1. The van der Waals surface area contributed by atoms with Crippen molar-refractivity contribution < 1.29 is 4.39 Å². The highest BCUT2D eigenvalue weighted by molar-refractivity contribution is 5.23. The standard InChI is InChI=1S/C13H18FN/c1-11-7-12(9-13(14)8-11)10-15-5-3-2-4-6-15/h7-9H,2-6,10H2,1H3. The number of piperidine rings is 1. The van der Waals surface area contributed by atoms with E-state index < -0.39 is 0 Å². The largest absolute Gasteiger partial charge is 0.299 e. The predicted molar refractivity (Wildman–Crippen MR) is 60.3 cm³/mol. The van der Waals surface area contributed by atoms with Crippen molar-refractivity contribution in [2.75, 3.05) is 13.1 Å². The summed E-state index contributed by atoms with van der Waals surface area (Å²) in [6.45, 7) is 5.17. The molecule has 0 aliphatic carbocycles. The molecule has 1 aliphatic heterocycles. The highest BCUT2D eigenvalue weighted by Crippen LogP contribution is 2.15. The van der Waals surface area contributed by atoms with Crippen LogP contribution in [0.4, 0.5) is 4.39 Å². The molecule has 0 spiro atoms. The third kappa shape index (κ3) is 3.03. The number of benzene rings is 1. The third-order valence-electron chi connectivity index (χ3n) is 2.96. The zero-order valence-corrected chi connectivity index (χ0v) is 9.30. The van der Waals surface area contributed by atoms with Crippen LogP contribution in [0.3, 0.4) is 0 Å². The Morgan fingerprint density at radius 1 is 1.13 bits per heavy atom. The van der Waals surface area contributed by atoms with Crippen molar-refractivity contribution in [3.63, 3.8) is 0 Å². The first-order valence-electron chi connectivity index (χ1n) is 5.72. The molecule has 0 radical (unpaired) electrons. The maximum absolute atomic E-state index is 13.2. The molecule has 1 aromatic carbocycles. The Hall–Kier alpha value is -0.890. The van der Waals surface area contributed by atoms with Gasteiger partial charge in [0.2, 0.25) is 0 Å². The zero-order valence-electron chi connectivity index (χ0n) is 9.30. The van der Waals surface area contributed by atoms with Gasteiger partial charge in [-0.15, -0.1) is 0 Å². The molecule has 1 saturated heterocycles. The smallest absolute Gasteiger partial charge is 0.123 e. The summed E-state index contributed by atoms with van der Waals surface area (Å²) >= 11 is 0. The second-order valence-corrected chi connectivity index (χ2v) is 4.47. The minimum atomic E-state index is -0.109. The molecule has 15 heavy (non-hydrogen) atoms. The van der Waals surface area contributed by atoms with Gasteiger partial charge in [-0.2, -0.15) is 0 Å². The van der Waals surface area contributed by atoms with Gasteiger partial charge in [0.25, 0.3) is 0 Å². The molecule has 1 nitrogen and oxygen atoms in total. The maximum Gasteiger partial charge on any atom is 0.123 e. The van der Waals surface area contributed by atoms with E-state index in [9.17, 15) is 4.39 Å². The topological polar surface area (TPSA) is 3.24 Å². The molecule has 0 unspecified atom stereocenters. The van der Waals surface area contributed by atoms with Gasteiger partial charge in [0, 0.05) is 6.54 Å². The van der Waals surface area contributed by atoms with Crippen molar-refractivity contribution in [2.24, 2.45) is 0 Å². The minimum Gasteiger partial charge on any atom is -0.299 e. The van der Waals surface area contributed by atoms with Gasteiger partial charge in [-0.25, -0.2) is 4.39 Å². The normalized spacial score (nSPS) is 18.0. The van der Waals surface area contributed by atoms with Gasteiger partial charge >= 0.3 is 0 Å². The van der Waals surface area contributed by atoms with Crippen molar-refractivity contribution in [2.45, 2.75) is 32.7 Å². The van der Waals surface area contributed by atoms with Crippen LogP contribution in [-0.4, -0.2) is 18.0 Å². The number of halogens is 1. The van der Waals surface area contributed by atoms with E-state index in [-0.39, 0.29) is 5.82 Å². The lowest BCUT2D eigenvalue weighted by molar-refractivity contribution is 0.220. The summed E-state index contributed by atoms with van der Waals surface area (Å²) in [7, 11) is 0. The van der Waals surface area contributed by atoms with Crippen LogP contribution >= 0.6 is 0 Å². The molecule has 1 aromatic rings. The molecule has 82 valence electrons. The Morgan fingerprint density at radius 2 is 1.87 bits per heavy atom. The maximum atomic E-state index is 13.2. The number of nitrogens with zero attached hydrogens (tertiary/aromatic N) is 1. The quantitative estimate of drug-likeness (QED) is 0.720. The van der Waals surface area contributed by atoms with Crippen LogP contribution in [0.1, 0.15) is 30.4 Å². The monoisotopic (exact) mass is 207 g/mol. The summed E-state index contributed by atoms with van der Waals surface area (Å²) in [5.74, 6) is -0.109. The van der Waals surface area contributed by atoms with E-state index in [1.54, 1.807) is 12.1 Å². The Balaban J connectivity index is 2.02. The summed E-state index contributed by atoms with van der Waals surface area (Å²) in [6, 6.07) is 5.32. The van der Waals surface area contributed by atoms with Crippen molar-refractivity contribution in [3.8, 4) is 0 Å². The first-order chi connectivity index (χ1) is 7.24. The zero-order chi connectivity index (χ0) is 10.7. The van der Waals surface area contributed by atoms with Crippen molar-refractivity contribution in [1.82, 2.24) is 4.90 Å². The molecule has 2 heteroatoms. The molecule has 1 aliphatic rings. The first kappa shape index (κ1) is 10.6. The fourth-order valence-corrected chi connectivity index (χ4v) is 2.28. The van der Waals surface area contributed by atoms with Crippen molar-refractivity contribution in [3.05, 3.63) is 35.1 Å². The SMILES string of the molecule is Cc1cc(F)cc(CN2CCCCC2)c1. The van der Waals surface area contributed by atoms with Gasteiger partial charge in [-0.1, -0.05) is 12.5 Å². The fraction of sp³-hybridized carbons (Fsp3) is 0.538. The van der Waals surface area contributed by atoms with E-state index >= 15 is 0 Å². The van der Waals surface area contributed by atoms with Crippen LogP contribution < -0.4 is 0 Å². The predicted octanol–water partition coefficient (Wildman–Crippen LogP) is 3.12. The molecule has 0 N–H and O–H groups in total. The van der Waals surface area contributed by atoms with Crippen LogP contribution in [0, 0.1) is 12.7 Å².